The smallest absolute Gasteiger partial charge is 0.333 e. The van der Waals surface area contributed by atoms with E-state index >= 15 is 0 Å². The molecule has 1 aliphatic heterocycles. The molecule has 0 saturated carbocycles. The molecule has 1 unspecified atom stereocenters. The highest BCUT2D eigenvalue weighted by Crippen LogP contribution is 2.39. The first kappa shape index (κ1) is 19.9. The van der Waals surface area contributed by atoms with Gasteiger partial charge in [-0.25, -0.2) is 4.79 Å². The van der Waals surface area contributed by atoms with Gasteiger partial charge < -0.3 is 4.74 Å². The lowest BCUT2D eigenvalue weighted by molar-refractivity contribution is -0.148. The molecule has 0 bridgehead atoms. The van der Waals surface area contributed by atoms with Crippen LogP contribution in [0.2, 0.25) is 10.0 Å². The Hall–Kier alpha value is -1.86. The molecule has 1 amide bonds. The number of methoxy groups -OCH3 is 1. The lowest BCUT2D eigenvalue weighted by Crippen LogP contribution is -2.37. The quantitative estimate of drug-likeness (QED) is 0.377. The summed E-state index contributed by atoms with van der Waals surface area (Å²) >= 11 is 18.5. The van der Waals surface area contributed by atoms with Gasteiger partial charge in [0.25, 0.3) is 5.91 Å². The number of nitrogens with zero attached hydrogens (tertiary/aromatic N) is 1. The third kappa shape index (κ3) is 4.19. The molecular formula is C19H13Cl2NO3S2. The molecule has 0 aliphatic carbocycles. The van der Waals surface area contributed by atoms with Gasteiger partial charge in [-0.15, -0.1) is 0 Å². The first-order chi connectivity index (χ1) is 12.9. The highest BCUT2D eigenvalue weighted by Gasteiger charge is 2.41. The molecule has 2 aromatic carbocycles. The molecule has 1 aliphatic rings. The lowest BCUT2D eigenvalue weighted by Gasteiger charge is -2.24. The van der Waals surface area contributed by atoms with E-state index in [1.807, 2.05) is 6.07 Å². The van der Waals surface area contributed by atoms with Gasteiger partial charge in [-0.05, 0) is 29.3 Å². The van der Waals surface area contributed by atoms with Crippen LogP contribution in [-0.4, -0.2) is 28.2 Å². The molecule has 0 N–H and O–H groups in total. The average Bonchev–Trinajstić information content (AvgIpc) is 2.93. The number of halogens is 2. The number of thiocarbonyl (C=S) groups is 1. The van der Waals surface area contributed by atoms with Crippen molar-refractivity contribution >= 4 is 69.5 Å². The predicted molar refractivity (Wildman–Crippen MR) is 113 cm³/mol. The number of hydrogen-bond donors (Lipinski definition) is 0. The topological polar surface area (TPSA) is 46.6 Å². The number of carbonyl (C=O) groups excluding carboxylic acids is 2. The van der Waals surface area contributed by atoms with Crippen molar-refractivity contribution in [2.45, 2.75) is 6.04 Å². The molecule has 8 heteroatoms. The van der Waals surface area contributed by atoms with Crippen LogP contribution in [-0.2, 0) is 14.3 Å². The Morgan fingerprint density at radius 1 is 1.19 bits per heavy atom. The molecule has 1 atom stereocenters. The number of thioether (sulfide) groups is 1. The minimum Gasteiger partial charge on any atom is -0.467 e. The van der Waals surface area contributed by atoms with E-state index in [1.165, 1.54) is 12.0 Å². The van der Waals surface area contributed by atoms with E-state index in [0.717, 1.165) is 11.8 Å². The minimum atomic E-state index is -0.941. The zero-order valence-electron chi connectivity index (χ0n) is 14.0. The Labute approximate surface area is 176 Å². The maximum absolute atomic E-state index is 13.0. The molecule has 2 aromatic rings. The van der Waals surface area contributed by atoms with E-state index in [9.17, 15) is 9.59 Å². The van der Waals surface area contributed by atoms with Crippen molar-refractivity contribution in [2.24, 2.45) is 0 Å². The van der Waals surface area contributed by atoms with Crippen molar-refractivity contribution in [1.82, 2.24) is 4.90 Å². The van der Waals surface area contributed by atoms with Gasteiger partial charge in [-0.3, -0.25) is 9.69 Å². The van der Waals surface area contributed by atoms with Crippen LogP contribution in [0.25, 0.3) is 6.08 Å². The molecule has 27 heavy (non-hydrogen) atoms. The van der Waals surface area contributed by atoms with Crippen LogP contribution in [0.3, 0.4) is 0 Å². The third-order valence-electron chi connectivity index (χ3n) is 3.86. The molecule has 3 rings (SSSR count). The number of carbonyl (C=O) groups is 2. The highest BCUT2D eigenvalue weighted by atomic mass is 35.5. The molecule has 0 radical (unpaired) electrons. The number of amides is 1. The summed E-state index contributed by atoms with van der Waals surface area (Å²) in [6.07, 6.45) is 1.67. The summed E-state index contributed by atoms with van der Waals surface area (Å²) in [5.74, 6) is -0.927. The normalized spacial score (nSPS) is 16.7. The van der Waals surface area contributed by atoms with E-state index in [2.05, 4.69) is 0 Å². The van der Waals surface area contributed by atoms with E-state index in [1.54, 1.807) is 48.5 Å². The summed E-state index contributed by atoms with van der Waals surface area (Å²) in [4.78, 5) is 27.1. The molecule has 1 heterocycles. The Bertz CT molecular complexity index is 947. The maximum Gasteiger partial charge on any atom is 0.333 e. The van der Waals surface area contributed by atoms with Gasteiger partial charge in [-0.2, -0.15) is 0 Å². The van der Waals surface area contributed by atoms with Gasteiger partial charge in [0.2, 0.25) is 0 Å². The van der Waals surface area contributed by atoms with Gasteiger partial charge in [0.05, 0.1) is 22.1 Å². The molecule has 1 fully saturated rings. The van der Waals surface area contributed by atoms with Gasteiger partial charge >= 0.3 is 5.97 Å². The number of hydrogen-bond acceptors (Lipinski definition) is 5. The molecule has 1 saturated heterocycles. The van der Waals surface area contributed by atoms with Crippen molar-refractivity contribution in [3.05, 3.63) is 74.6 Å². The molecule has 0 aromatic heterocycles. The fraction of sp³-hybridized carbons (Fsp3) is 0.105. The number of ether oxygens (including phenoxy) is 1. The maximum atomic E-state index is 13.0. The van der Waals surface area contributed by atoms with Gasteiger partial charge in [0.1, 0.15) is 4.32 Å². The van der Waals surface area contributed by atoms with Gasteiger partial charge in [-0.1, -0.05) is 83.6 Å². The fourth-order valence-corrected chi connectivity index (χ4v) is 4.21. The van der Waals surface area contributed by atoms with Crippen molar-refractivity contribution in [2.75, 3.05) is 7.11 Å². The standard InChI is InChI=1S/C19H13Cl2NO3S2/c1-25-18(24)16(12-5-3-2-4-6-12)22-17(23)15(27-19(22)26)10-11-7-8-13(20)14(21)9-11/h2-10,16H,1H3/b15-10-. The number of benzene rings is 2. The Morgan fingerprint density at radius 3 is 2.52 bits per heavy atom. The van der Waals surface area contributed by atoms with Gasteiger partial charge in [0, 0.05) is 0 Å². The number of esters is 1. The summed E-state index contributed by atoms with van der Waals surface area (Å²) in [5, 5.41) is 0.814. The van der Waals surface area contributed by atoms with Crippen LogP contribution < -0.4 is 0 Å². The lowest BCUT2D eigenvalue weighted by atomic mass is 10.1. The summed E-state index contributed by atoms with van der Waals surface area (Å²) in [7, 11) is 1.28. The minimum absolute atomic E-state index is 0.283. The Morgan fingerprint density at radius 2 is 1.89 bits per heavy atom. The molecular weight excluding hydrogens is 425 g/mol. The van der Waals surface area contributed by atoms with Crippen molar-refractivity contribution in [1.29, 1.82) is 0 Å². The van der Waals surface area contributed by atoms with Crippen LogP contribution in [0.4, 0.5) is 0 Å². The molecule has 138 valence electrons. The zero-order chi connectivity index (χ0) is 19.6. The fourth-order valence-electron chi connectivity index (χ4n) is 2.59. The van der Waals surface area contributed by atoms with Crippen LogP contribution in [0, 0.1) is 0 Å². The van der Waals surface area contributed by atoms with Crippen molar-refractivity contribution in [3.63, 3.8) is 0 Å². The average molecular weight is 438 g/mol. The van der Waals surface area contributed by atoms with E-state index < -0.39 is 12.0 Å². The second kappa shape index (κ2) is 8.44. The SMILES string of the molecule is COC(=O)C(c1ccccc1)N1C(=O)/C(=C/c2ccc(Cl)c(Cl)c2)SC1=S. The van der Waals surface area contributed by atoms with Crippen LogP contribution in [0.5, 0.6) is 0 Å². The monoisotopic (exact) mass is 437 g/mol. The highest BCUT2D eigenvalue weighted by molar-refractivity contribution is 8.26. The second-order valence-electron chi connectivity index (χ2n) is 5.56. The summed E-state index contributed by atoms with van der Waals surface area (Å²) in [6.45, 7) is 0. The van der Waals surface area contributed by atoms with E-state index in [-0.39, 0.29) is 10.2 Å². The third-order valence-corrected chi connectivity index (χ3v) is 5.93. The van der Waals surface area contributed by atoms with E-state index in [4.69, 9.17) is 40.2 Å². The first-order valence-electron chi connectivity index (χ1n) is 7.77. The Balaban J connectivity index is 1.97. The van der Waals surface area contributed by atoms with Gasteiger partial charge in [0.15, 0.2) is 6.04 Å². The summed E-state index contributed by atoms with van der Waals surface area (Å²) in [5.41, 5.74) is 1.33. The first-order valence-corrected chi connectivity index (χ1v) is 9.75. The second-order valence-corrected chi connectivity index (χ2v) is 8.05. The van der Waals surface area contributed by atoms with Crippen molar-refractivity contribution < 1.29 is 14.3 Å². The molecule has 4 nitrogen and oxygen atoms in total. The van der Waals surface area contributed by atoms with Crippen LogP contribution in [0.1, 0.15) is 17.2 Å². The molecule has 0 spiro atoms. The van der Waals surface area contributed by atoms with Crippen LogP contribution >= 0.6 is 47.2 Å². The summed E-state index contributed by atoms with van der Waals surface area (Å²) in [6, 6.07) is 13.0. The largest absolute Gasteiger partial charge is 0.467 e. The number of rotatable bonds is 4. The predicted octanol–water partition coefficient (Wildman–Crippen LogP) is 5.11. The van der Waals surface area contributed by atoms with Crippen LogP contribution in [0.15, 0.2) is 53.4 Å². The Kier molecular flexibility index (Phi) is 6.22. The van der Waals surface area contributed by atoms with Crippen molar-refractivity contribution in [3.8, 4) is 0 Å². The van der Waals surface area contributed by atoms with E-state index in [0.29, 0.717) is 26.1 Å². The summed E-state index contributed by atoms with van der Waals surface area (Å²) < 4.78 is 5.19. The zero-order valence-corrected chi connectivity index (χ0v) is 17.2.